The molecule has 1 N–H and O–H groups in total. The molecule has 2 heterocycles. The summed E-state index contributed by atoms with van der Waals surface area (Å²) in [5.74, 6) is 0.483. The molecule has 0 aliphatic heterocycles. The third kappa shape index (κ3) is 3.34. The second-order valence-corrected chi connectivity index (χ2v) is 6.28. The van der Waals surface area contributed by atoms with Crippen molar-refractivity contribution in [3.63, 3.8) is 0 Å². The van der Waals surface area contributed by atoms with Gasteiger partial charge < -0.3 is 9.63 Å². The maximum absolute atomic E-state index is 10.9. The number of thioether (sulfide) groups is 1. The van der Waals surface area contributed by atoms with Crippen LogP contribution in [0.5, 0.6) is 0 Å². The van der Waals surface area contributed by atoms with Gasteiger partial charge in [-0.05, 0) is 29.6 Å². The highest BCUT2D eigenvalue weighted by atomic mass is 32.2. The number of hydrogen-bond donors (Lipinski definition) is 1. The summed E-state index contributed by atoms with van der Waals surface area (Å²) in [5, 5.41) is 15.0. The van der Waals surface area contributed by atoms with Gasteiger partial charge in [0.1, 0.15) is 0 Å². The average molecular weight is 317 g/mol. The van der Waals surface area contributed by atoms with Crippen molar-refractivity contribution < 1.29 is 14.4 Å². The van der Waals surface area contributed by atoms with E-state index < -0.39 is 5.97 Å². The van der Waals surface area contributed by atoms with E-state index in [0.29, 0.717) is 11.3 Å². The van der Waals surface area contributed by atoms with Crippen LogP contribution in [0, 0.1) is 0 Å². The minimum absolute atomic E-state index is 0.291. The molecule has 0 saturated heterocycles. The molecule has 0 aliphatic rings. The van der Waals surface area contributed by atoms with Gasteiger partial charge in [0.15, 0.2) is 5.76 Å². The van der Waals surface area contributed by atoms with E-state index in [0.717, 1.165) is 21.2 Å². The Balaban J connectivity index is 1.68. The van der Waals surface area contributed by atoms with E-state index in [2.05, 4.69) is 5.16 Å². The van der Waals surface area contributed by atoms with Gasteiger partial charge in [0.05, 0.1) is 16.1 Å². The number of aromatic carboxylic acids is 1. The first-order chi connectivity index (χ1) is 10.2. The highest BCUT2D eigenvalue weighted by molar-refractivity contribution is 7.98. The quantitative estimate of drug-likeness (QED) is 0.707. The van der Waals surface area contributed by atoms with Crippen LogP contribution in [0.25, 0.3) is 10.6 Å². The molecule has 0 bridgehead atoms. The molecule has 106 valence electrons. The van der Waals surface area contributed by atoms with E-state index in [9.17, 15) is 4.79 Å². The Morgan fingerprint density at radius 1 is 1.29 bits per heavy atom. The zero-order chi connectivity index (χ0) is 14.7. The fraction of sp³-hybridized carbons (Fsp3) is 0.0667. The van der Waals surface area contributed by atoms with E-state index >= 15 is 0 Å². The summed E-state index contributed by atoms with van der Waals surface area (Å²) < 4.78 is 5.31. The lowest BCUT2D eigenvalue weighted by Crippen LogP contribution is -1.95. The first-order valence-electron chi connectivity index (χ1n) is 6.18. The van der Waals surface area contributed by atoms with Crippen LogP contribution in [0.15, 0.2) is 57.3 Å². The molecule has 0 atom stereocenters. The minimum Gasteiger partial charge on any atom is -0.478 e. The molecule has 6 heteroatoms. The third-order valence-electron chi connectivity index (χ3n) is 2.79. The Hall–Kier alpha value is -2.05. The Morgan fingerprint density at radius 2 is 2.19 bits per heavy atom. The van der Waals surface area contributed by atoms with Gasteiger partial charge in [0.25, 0.3) is 0 Å². The van der Waals surface area contributed by atoms with Crippen molar-refractivity contribution in [3.8, 4) is 10.6 Å². The highest BCUT2D eigenvalue weighted by Crippen LogP contribution is 2.28. The Bertz CT molecular complexity index is 750. The van der Waals surface area contributed by atoms with Crippen LogP contribution in [0.2, 0.25) is 0 Å². The number of carboxylic acid groups (broad SMARTS) is 1. The van der Waals surface area contributed by atoms with Crippen LogP contribution in [-0.4, -0.2) is 16.2 Å². The van der Waals surface area contributed by atoms with Crippen molar-refractivity contribution >= 4 is 29.1 Å². The molecular formula is C15H11NO3S2. The van der Waals surface area contributed by atoms with Gasteiger partial charge in [-0.3, -0.25) is 0 Å². The molecule has 0 radical (unpaired) electrons. The molecule has 0 saturated carbocycles. The molecule has 0 aliphatic carbocycles. The summed E-state index contributed by atoms with van der Waals surface area (Å²) in [6, 6.07) is 12.7. The predicted molar refractivity (Wildman–Crippen MR) is 82.8 cm³/mol. The van der Waals surface area contributed by atoms with Crippen LogP contribution in [0.3, 0.4) is 0 Å². The molecule has 4 nitrogen and oxygen atoms in total. The van der Waals surface area contributed by atoms with Gasteiger partial charge in [-0.1, -0.05) is 17.3 Å². The van der Waals surface area contributed by atoms with Gasteiger partial charge >= 0.3 is 5.97 Å². The average Bonchev–Trinajstić information content (AvgIpc) is 3.16. The van der Waals surface area contributed by atoms with E-state index in [1.807, 2.05) is 29.6 Å². The number of rotatable bonds is 5. The first-order valence-corrected chi connectivity index (χ1v) is 8.04. The van der Waals surface area contributed by atoms with Crippen LogP contribution in [0.1, 0.15) is 16.1 Å². The van der Waals surface area contributed by atoms with E-state index in [1.54, 1.807) is 29.5 Å². The Labute approximate surface area is 129 Å². The highest BCUT2D eigenvalue weighted by Gasteiger charge is 2.09. The van der Waals surface area contributed by atoms with E-state index in [1.165, 1.54) is 11.8 Å². The molecule has 21 heavy (non-hydrogen) atoms. The van der Waals surface area contributed by atoms with E-state index in [-0.39, 0.29) is 0 Å². The molecule has 0 fully saturated rings. The fourth-order valence-electron chi connectivity index (χ4n) is 1.79. The second-order valence-electron chi connectivity index (χ2n) is 4.28. The molecule has 0 unspecified atom stereocenters. The largest absolute Gasteiger partial charge is 0.478 e. The van der Waals surface area contributed by atoms with Crippen molar-refractivity contribution in [2.75, 3.05) is 0 Å². The number of hydrogen-bond acceptors (Lipinski definition) is 5. The Kier molecular flexibility index (Phi) is 4.08. The molecule has 0 spiro atoms. The molecule has 1 aromatic carbocycles. The summed E-state index contributed by atoms with van der Waals surface area (Å²) in [4.78, 5) is 12.9. The smallest absolute Gasteiger partial charge is 0.335 e. The number of nitrogens with zero attached hydrogens (tertiary/aromatic N) is 1. The van der Waals surface area contributed by atoms with Crippen molar-refractivity contribution in [1.82, 2.24) is 5.16 Å². The predicted octanol–water partition coefficient (Wildman–Crippen LogP) is 4.39. The van der Waals surface area contributed by atoms with Gasteiger partial charge in [-0.15, -0.1) is 23.1 Å². The molecule has 3 aromatic rings. The first kappa shape index (κ1) is 13.9. The molecule has 2 aromatic heterocycles. The summed E-state index contributed by atoms with van der Waals surface area (Å²) in [6.07, 6.45) is 0. The van der Waals surface area contributed by atoms with Crippen molar-refractivity contribution in [2.45, 2.75) is 10.6 Å². The van der Waals surface area contributed by atoms with Gasteiger partial charge in [-0.25, -0.2) is 4.79 Å². The number of aromatic nitrogens is 1. The second kappa shape index (κ2) is 6.15. The zero-order valence-corrected chi connectivity index (χ0v) is 12.5. The van der Waals surface area contributed by atoms with E-state index in [4.69, 9.17) is 9.63 Å². The monoisotopic (exact) mass is 317 g/mol. The zero-order valence-electron chi connectivity index (χ0n) is 10.9. The molecular weight excluding hydrogens is 306 g/mol. The van der Waals surface area contributed by atoms with Crippen LogP contribution in [-0.2, 0) is 5.75 Å². The minimum atomic E-state index is -0.918. The number of benzene rings is 1. The third-order valence-corrected chi connectivity index (χ3v) is 4.70. The maximum Gasteiger partial charge on any atom is 0.335 e. The van der Waals surface area contributed by atoms with Crippen LogP contribution in [0.4, 0.5) is 0 Å². The van der Waals surface area contributed by atoms with Gasteiger partial charge in [0, 0.05) is 16.7 Å². The lowest BCUT2D eigenvalue weighted by atomic mass is 10.2. The Morgan fingerprint density at radius 3 is 2.95 bits per heavy atom. The van der Waals surface area contributed by atoms with Crippen LogP contribution < -0.4 is 0 Å². The van der Waals surface area contributed by atoms with Gasteiger partial charge in [-0.2, -0.15) is 0 Å². The normalized spacial score (nSPS) is 10.7. The number of thiophene rings is 1. The molecule has 3 rings (SSSR count). The van der Waals surface area contributed by atoms with Crippen molar-refractivity contribution in [1.29, 1.82) is 0 Å². The lowest BCUT2D eigenvalue weighted by molar-refractivity contribution is 0.0696. The van der Waals surface area contributed by atoms with Crippen LogP contribution >= 0.6 is 23.1 Å². The topological polar surface area (TPSA) is 63.3 Å². The SMILES string of the molecule is O=C(O)c1cccc(SCc2cc(-c3cccs3)on2)c1. The summed E-state index contributed by atoms with van der Waals surface area (Å²) in [6.45, 7) is 0. The standard InChI is InChI=1S/C15H11NO3S2/c17-15(18)10-3-1-4-12(7-10)21-9-11-8-13(19-16-11)14-5-2-6-20-14/h1-8H,9H2,(H,17,18). The van der Waals surface area contributed by atoms with Gasteiger partial charge in [0.2, 0.25) is 0 Å². The van der Waals surface area contributed by atoms with Crippen molar-refractivity contribution in [3.05, 3.63) is 59.1 Å². The lowest BCUT2D eigenvalue weighted by Gasteiger charge is -2.00. The summed E-state index contributed by atoms with van der Waals surface area (Å²) in [5.41, 5.74) is 1.13. The van der Waals surface area contributed by atoms with Crippen molar-refractivity contribution in [2.24, 2.45) is 0 Å². The number of carboxylic acids is 1. The fourth-order valence-corrected chi connectivity index (χ4v) is 3.30. The molecule has 0 amide bonds. The maximum atomic E-state index is 10.9. The summed E-state index contributed by atoms with van der Waals surface area (Å²) in [7, 11) is 0. The number of carbonyl (C=O) groups is 1. The summed E-state index contributed by atoms with van der Waals surface area (Å²) >= 11 is 3.14.